The number of phosphoric ester groups is 1. The third kappa shape index (κ3) is 57.1. The van der Waals surface area contributed by atoms with E-state index in [0.29, 0.717) is 17.4 Å². The number of likely N-dealkylation sites (N-methyl/N-ethyl adjacent to an activating group) is 1. The van der Waals surface area contributed by atoms with Gasteiger partial charge in [-0.15, -0.1) is 0 Å². The van der Waals surface area contributed by atoms with E-state index in [1.54, 1.807) is 6.08 Å². The van der Waals surface area contributed by atoms with Crippen molar-refractivity contribution >= 4 is 13.7 Å². The molecule has 0 aliphatic carbocycles. The van der Waals surface area contributed by atoms with E-state index < -0.39 is 26.6 Å². The average Bonchev–Trinajstić information content (AvgIpc) is 3.36. The molecule has 74 heavy (non-hydrogen) atoms. The van der Waals surface area contributed by atoms with Crippen LogP contribution in [-0.2, 0) is 18.4 Å². The third-order valence-electron chi connectivity index (χ3n) is 13.3. The number of rotatable bonds is 55. The number of unbranched alkanes of at least 4 members (excludes halogenated alkanes) is 28. The van der Waals surface area contributed by atoms with Crippen LogP contribution in [-0.4, -0.2) is 68.5 Å². The molecule has 0 spiro atoms. The van der Waals surface area contributed by atoms with E-state index in [9.17, 15) is 19.4 Å². The summed E-state index contributed by atoms with van der Waals surface area (Å²) >= 11 is 0. The topological polar surface area (TPSA) is 108 Å². The molecule has 0 fully saturated rings. The van der Waals surface area contributed by atoms with Crippen molar-refractivity contribution in [2.75, 3.05) is 40.9 Å². The van der Waals surface area contributed by atoms with Crippen molar-refractivity contribution in [1.82, 2.24) is 5.32 Å². The Morgan fingerprint density at radius 1 is 0.486 bits per heavy atom. The minimum absolute atomic E-state index is 0.0113. The van der Waals surface area contributed by atoms with Gasteiger partial charge in [0.2, 0.25) is 5.91 Å². The average molecular weight is 1050 g/mol. The number of quaternary nitrogens is 1. The molecule has 0 rings (SSSR count). The van der Waals surface area contributed by atoms with Gasteiger partial charge >= 0.3 is 0 Å². The Labute approximate surface area is 458 Å². The van der Waals surface area contributed by atoms with Crippen LogP contribution in [0.1, 0.15) is 258 Å². The van der Waals surface area contributed by atoms with Crippen molar-refractivity contribution in [3.8, 4) is 0 Å². The summed E-state index contributed by atoms with van der Waals surface area (Å²) in [6.45, 7) is 4.51. The molecule has 3 unspecified atom stereocenters. The molecular weight excluding hydrogens is 936 g/mol. The van der Waals surface area contributed by atoms with Gasteiger partial charge in [0.05, 0.1) is 39.9 Å². The van der Waals surface area contributed by atoms with Crippen LogP contribution >= 0.6 is 7.82 Å². The number of aliphatic hydroxyl groups excluding tert-OH is 1. The Kier molecular flexibility index (Phi) is 53.3. The smallest absolute Gasteiger partial charge is 0.268 e. The zero-order valence-corrected chi connectivity index (χ0v) is 49.7. The number of amides is 1. The molecule has 0 radical (unpaired) electrons. The molecule has 0 saturated carbocycles. The lowest BCUT2D eigenvalue weighted by Gasteiger charge is -2.29. The fourth-order valence-corrected chi connectivity index (χ4v) is 9.23. The summed E-state index contributed by atoms with van der Waals surface area (Å²) in [5, 5.41) is 13.9. The molecule has 0 heterocycles. The molecule has 0 aromatic heterocycles. The number of carbonyl (C=O) groups excluding carboxylic acids is 1. The van der Waals surface area contributed by atoms with Crippen molar-refractivity contribution in [3.05, 3.63) is 97.2 Å². The van der Waals surface area contributed by atoms with Crippen LogP contribution in [0.15, 0.2) is 97.2 Å². The zero-order valence-electron chi connectivity index (χ0n) is 48.8. The first-order valence-corrected chi connectivity index (χ1v) is 32.1. The second-order valence-corrected chi connectivity index (χ2v) is 23.1. The summed E-state index contributed by atoms with van der Waals surface area (Å²) in [5.41, 5.74) is 0. The number of nitrogens with one attached hydrogen (secondary N) is 1. The lowest BCUT2D eigenvalue weighted by Crippen LogP contribution is -2.45. The lowest BCUT2D eigenvalue weighted by atomic mass is 10.0. The second kappa shape index (κ2) is 55.2. The van der Waals surface area contributed by atoms with Gasteiger partial charge in [-0.05, 0) is 89.9 Å². The monoisotopic (exact) mass is 1050 g/mol. The Bertz CT molecular complexity index is 1520. The molecule has 0 aliphatic heterocycles. The fourth-order valence-electron chi connectivity index (χ4n) is 8.51. The molecule has 0 aromatic rings. The maximum atomic E-state index is 13.0. The first-order chi connectivity index (χ1) is 36.0. The van der Waals surface area contributed by atoms with E-state index in [4.69, 9.17) is 9.05 Å². The van der Waals surface area contributed by atoms with Crippen molar-refractivity contribution in [1.29, 1.82) is 0 Å². The molecule has 1 amide bonds. The summed E-state index contributed by atoms with van der Waals surface area (Å²) in [4.78, 5) is 25.5. The van der Waals surface area contributed by atoms with Gasteiger partial charge in [0.1, 0.15) is 13.2 Å². The van der Waals surface area contributed by atoms with E-state index in [2.05, 4.69) is 104 Å². The second-order valence-electron chi connectivity index (χ2n) is 21.7. The molecule has 9 heteroatoms. The maximum absolute atomic E-state index is 13.0. The Morgan fingerprint density at radius 3 is 1.26 bits per heavy atom. The number of hydrogen-bond acceptors (Lipinski definition) is 6. The first-order valence-electron chi connectivity index (χ1n) is 30.6. The summed E-state index contributed by atoms with van der Waals surface area (Å²) in [7, 11) is 1.23. The van der Waals surface area contributed by atoms with Crippen LogP contribution in [0.3, 0.4) is 0 Å². The van der Waals surface area contributed by atoms with Crippen LogP contribution in [0.25, 0.3) is 0 Å². The van der Waals surface area contributed by atoms with Crippen LogP contribution in [0.2, 0.25) is 0 Å². The molecule has 0 saturated heterocycles. The van der Waals surface area contributed by atoms with Crippen LogP contribution in [0.4, 0.5) is 0 Å². The van der Waals surface area contributed by atoms with Crippen molar-refractivity contribution in [2.24, 2.45) is 0 Å². The van der Waals surface area contributed by atoms with Crippen molar-refractivity contribution in [3.63, 3.8) is 0 Å². The molecular formula is C65H117N2O6P. The number of allylic oxidation sites excluding steroid dienone is 15. The molecule has 2 N–H and O–H groups in total. The molecule has 0 aliphatic rings. The maximum Gasteiger partial charge on any atom is 0.268 e. The Balaban J connectivity index is 4.09. The molecule has 8 nitrogen and oxygen atoms in total. The predicted molar refractivity (Wildman–Crippen MR) is 320 cm³/mol. The van der Waals surface area contributed by atoms with Gasteiger partial charge in [0.15, 0.2) is 0 Å². The molecule has 3 atom stereocenters. The minimum atomic E-state index is -4.61. The van der Waals surface area contributed by atoms with Gasteiger partial charge in [0.25, 0.3) is 7.82 Å². The van der Waals surface area contributed by atoms with E-state index >= 15 is 0 Å². The van der Waals surface area contributed by atoms with E-state index in [-0.39, 0.29) is 12.5 Å². The highest BCUT2D eigenvalue weighted by molar-refractivity contribution is 7.45. The van der Waals surface area contributed by atoms with Crippen molar-refractivity contribution < 1.29 is 32.9 Å². The van der Waals surface area contributed by atoms with E-state index in [1.807, 2.05) is 27.2 Å². The summed E-state index contributed by atoms with van der Waals surface area (Å²) in [6.07, 6.45) is 79.3. The molecule has 0 bridgehead atoms. The van der Waals surface area contributed by atoms with Gasteiger partial charge in [0, 0.05) is 6.42 Å². The largest absolute Gasteiger partial charge is 0.756 e. The molecule has 428 valence electrons. The Morgan fingerprint density at radius 2 is 0.838 bits per heavy atom. The highest BCUT2D eigenvalue weighted by Gasteiger charge is 2.23. The minimum Gasteiger partial charge on any atom is -0.756 e. The number of aliphatic hydroxyl groups is 1. The van der Waals surface area contributed by atoms with Gasteiger partial charge in [-0.25, -0.2) is 0 Å². The predicted octanol–water partition coefficient (Wildman–Crippen LogP) is 18.4. The van der Waals surface area contributed by atoms with Gasteiger partial charge in [-0.1, -0.05) is 259 Å². The summed E-state index contributed by atoms with van der Waals surface area (Å²) < 4.78 is 23.3. The normalized spacial score (nSPS) is 14.5. The van der Waals surface area contributed by atoms with Crippen LogP contribution in [0.5, 0.6) is 0 Å². The van der Waals surface area contributed by atoms with E-state index in [1.165, 1.54) is 161 Å². The number of carbonyl (C=O) groups is 1. The Hall–Kier alpha value is -2.58. The number of phosphoric acid groups is 1. The summed E-state index contributed by atoms with van der Waals surface area (Å²) in [5.74, 6) is -0.212. The van der Waals surface area contributed by atoms with Crippen molar-refractivity contribution in [2.45, 2.75) is 270 Å². The quantitative estimate of drug-likeness (QED) is 0.0272. The highest BCUT2D eigenvalue weighted by atomic mass is 31.2. The first kappa shape index (κ1) is 71.4. The van der Waals surface area contributed by atoms with Crippen LogP contribution < -0.4 is 10.2 Å². The fraction of sp³-hybridized carbons (Fsp3) is 0.738. The zero-order chi connectivity index (χ0) is 54.2. The number of hydrogen-bond donors (Lipinski definition) is 2. The lowest BCUT2D eigenvalue weighted by molar-refractivity contribution is -0.870. The van der Waals surface area contributed by atoms with Gasteiger partial charge < -0.3 is 28.8 Å². The van der Waals surface area contributed by atoms with Crippen LogP contribution in [0, 0.1) is 0 Å². The standard InChI is InChI=1S/C65H117N2O6P/c1-6-8-10-12-14-16-18-20-22-24-25-26-27-28-29-30-31-32-33-34-35-36-37-38-39-40-41-43-45-47-49-51-53-55-57-59-65(69)66-63(62-73-74(70,71)72-61-60-67(3,4)5)64(68)58-56-54-52-50-48-46-44-42-23-21-19-17-15-13-11-9-7-2/h8,10,14,16,20,22-23,25-26,28-29,42,48,50,56,58,63-64,68H,6-7,9,11-13,15,17-19,21,24,27,30-41,43-47,49,51-55,57,59-62H2,1-5H3,(H-,66,69,70,71)/b10-8-,16-14-,22-20-,26-25-,29-28-,42-23+,50-48+,58-56+. The highest BCUT2D eigenvalue weighted by Crippen LogP contribution is 2.38. The summed E-state index contributed by atoms with van der Waals surface area (Å²) in [6, 6.07) is -0.913. The molecule has 0 aromatic carbocycles. The van der Waals surface area contributed by atoms with Gasteiger partial charge in [-0.3, -0.25) is 9.36 Å². The van der Waals surface area contributed by atoms with E-state index in [0.717, 1.165) is 77.0 Å². The van der Waals surface area contributed by atoms with Gasteiger partial charge in [-0.2, -0.15) is 0 Å². The number of nitrogens with zero attached hydrogens (tertiary/aromatic N) is 1. The third-order valence-corrected chi connectivity index (χ3v) is 14.2. The SMILES string of the molecule is CC/C=C\C/C=C\C/C=C\C/C=C\C/C=C\CCCCCCCCCCCCCCCCCCCCCC(=O)NC(COP(=O)([O-])OCC[N+](C)(C)C)C(O)/C=C/CC/C=C/CC/C=C/CCCCCCCCC.